The molecule has 0 fully saturated rings. The van der Waals surface area contributed by atoms with Gasteiger partial charge in [0, 0.05) is 17.1 Å². The molecule has 0 saturated carbocycles. The molecule has 17 heavy (non-hydrogen) atoms. The molecule has 2 rings (SSSR count). The minimum atomic E-state index is -0.965. The second-order valence-electron chi connectivity index (χ2n) is 3.60. The number of aromatic nitrogens is 1. The Labute approximate surface area is 97.2 Å². The van der Waals surface area contributed by atoms with Crippen molar-refractivity contribution in [2.45, 2.75) is 6.54 Å². The maximum Gasteiger partial charge on any atom is 0.335 e. The van der Waals surface area contributed by atoms with Gasteiger partial charge in [0.1, 0.15) is 6.54 Å². The van der Waals surface area contributed by atoms with Crippen molar-refractivity contribution in [3.05, 3.63) is 36.0 Å². The Balaban J connectivity index is 2.41. The zero-order valence-corrected chi connectivity index (χ0v) is 9.21. The number of benzene rings is 1. The van der Waals surface area contributed by atoms with Gasteiger partial charge in [-0.3, -0.25) is 4.79 Å². The second-order valence-corrected chi connectivity index (χ2v) is 3.60. The maximum atomic E-state index is 11.2. The number of fused-ring (bicyclic) bond motifs is 1. The van der Waals surface area contributed by atoms with Crippen LogP contribution in [0.1, 0.15) is 10.4 Å². The van der Waals surface area contributed by atoms with Crippen molar-refractivity contribution in [3.63, 3.8) is 0 Å². The van der Waals surface area contributed by atoms with Gasteiger partial charge in [-0.05, 0) is 24.3 Å². The van der Waals surface area contributed by atoms with Gasteiger partial charge in [0.05, 0.1) is 12.7 Å². The lowest BCUT2D eigenvalue weighted by Crippen LogP contribution is -2.10. The van der Waals surface area contributed by atoms with E-state index in [-0.39, 0.29) is 18.1 Å². The number of ether oxygens (including phenoxy) is 1. The molecule has 1 aromatic heterocycles. The lowest BCUT2D eigenvalue weighted by atomic mass is 10.1. The van der Waals surface area contributed by atoms with Crippen LogP contribution < -0.4 is 0 Å². The van der Waals surface area contributed by atoms with E-state index in [0.29, 0.717) is 0 Å². The minimum absolute atomic E-state index is 0.117. The van der Waals surface area contributed by atoms with Crippen molar-refractivity contribution in [2.75, 3.05) is 7.11 Å². The minimum Gasteiger partial charge on any atom is -0.478 e. The smallest absolute Gasteiger partial charge is 0.335 e. The summed E-state index contributed by atoms with van der Waals surface area (Å²) in [6.45, 7) is 0.117. The van der Waals surface area contributed by atoms with Gasteiger partial charge in [-0.15, -0.1) is 0 Å². The van der Waals surface area contributed by atoms with Gasteiger partial charge >= 0.3 is 11.9 Å². The molecule has 5 heteroatoms. The molecule has 0 spiro atoms. The van der Waals surface area contributed by atoms with Gasteiger partial charge in [-0.2, -0.15) is 0 Å². The Morgan fingerprint density at radius 2 is 2.12 bits per heavy atom. The van der Waals surface area contributed by atoms with Gasteiger partial charge < -0.3 is 14.4 Å². The summed E-state index contributed by atoms with van der Waals surface area (Å²) in [4.78, 5) is 22.0. The topological polar surface area (TPSA) is 68.5 Å². The van der Waals surface area contributed by atoms with E-state index in [2.05, 4.69) is 4.74 Å². The first-order chi connectivity index (χ1) is 8.11. The number of carbonyl (C=O) groups is 2. The number of hydrogen-bond donors (Lipinski definition) is 1. The Morgan fingerprint density at radius 3 is 2.76 bits per heavy atom. The molecule has 1 aromatic carbocycles. The average Bonchev–Trinajstić information content (AvgIpc) is 2.71. The zero-order chi connectivity index (χ0) is 12.4. The van der Waals surface area contributed by atoms with Crippen LogP contribution in [0.25, 0.3) is 10.9 Å². The normalized spacial score (nSPS) is 10.4. The molecule has 0 aliphatic rings. The third kappa shape index (κ3) is 2.13. The lowest BCUT2D eigenvalue weighted by Gasteiger charge is -2.03. The summed E-state index contributed by atoms with van der Waals surface area (Å²) >= 11 is 0. The van der Waals surface area contributed by atoms with Gasteiger partial charge in [0.2, 0.25) is 0 Å². The highest BCUT2D eigenvalue weighted by Crippen LogP contribution is 2.17. The summed E-state index contributed by atoms with van der Waals surface area (Å²) in [5.74, 6) is -1.31. The zero-order valence-electron chi connectivity index (χ0n) is 9.21. The molecule has 5 nitrogen and oxygen atoms in total. The number of carboxylic acid groups (broad SMARTS) is 1. The summed E-state index contributed by atoms with van der Waals surface area (Å²) < 4.78 is 6.30. The number of nitrogens with zero attached hydrogens (tertiary/aromatic N) is 1. The quantitative estimate of drug-likeness (QED) is 0.816. The van der Waals surface area contributed by atoms with Gasteiger partial charge in [0.25, 0.3) is 0 Å². The Hall–Kier alpha value is -2.30. The number of carbonyl (C=O) groups excluding carboxylic acids is 1. The number of rotatable bonds is 3. The summed E-state index contributed by atoms with van der Waals surface area (Å²) in [7, 11) is 1.33. The van der Waals surface area contributed by atoms with Crippen LogP contribution in [0.15, 0.2) is 30.5 Å². The van der Waals surface area contributed by atoms with Crippen molar-refractivity contribution in [1.82, 2.24) is 4.57 Å². The van der Waals surface area contributed by atoms with Crippen LogP contribution in [0.2, 0.25) is 0 Å². The number of hydrogen-bond acceptors (Lipinski definition) is 3. The molecule has 0 atom stereocenters. The Bertz CT molecular complexity index is 585. The van der Waals surface area contributed by atoms with Gasteiger partial charge in [0.15, 0.2) is 0 Å². The standard InChI is InChI=1S/C12H11NO4/c1-17-11(14)7-13-5-4-8-6-9(12(15)16)2-3-10(8)13/h2-6H,7H2,1H3,(H,15,16). The van der Waals surface area contributed by atoms with E-state index in [1.54, 1.807) is 29.0 Å². The van der Waals surface area contributed by atoms with Crippen LogP contribution in [-0.4, -0.2) is 28.7 Å². The summed E-state index contributed by atoms with van der Waals surface area (Å²) in [6, 6.07) is 6.54. The van der Waals surface area contributed by atoms with Gasteiger partial charge in [-0.25, -0.2) is 4.79 Å². The Kier molecular flexibility index (Phi) is 2.82. The van der Waals surface area contributed by atoms with E-state index >= 15 is 0 Å². The third-order valence-electron chi connectivity index (χ3n) is 2.55. The average molecular weight is 233 g/mol. The molecule has 0 bridgehead atoms. The molecule has 88 valence electrons. The fourth-order valence-electron chi connectivity index (χ4n) is 1.67. The van der Waals surface area contributed by atoms with E-state index < -0.39 is 5.97 Å². The molecule has 0 aliphatic heterocycles. The highest BCUT2D eigenvalue weighted by Gasteiger charge is 2.08. The van der Waals surface area contributed by atoms with Crippen LogP contribution in [0.4, 0.5) is 0 Å². The summed E-state index contributed by atoms with van der Waals surface area (Å²) in [5, 5.41) is 9.64. The van der Waals surface area contributed by atoms with E-state index in [4.69, 9.17) is 5.11 Å². The largest absolute Gasteiger partial charge is 0.478 e. The number of methoxy groups -OCH3 is 1. The van der Waals surface area contributed by atoms with Crippen LogP contribution >= 0.6 is 0 Å². The molecule has 2 aromatic rings. The van der Waals surface area contributed by atoms with E-state index in [1.165, 1.54) is 13.2 Å². The van der Waals surface area contributed by atoms with E-state index in [9.17, 15) is 9.59 Å². The van der Waals surface area contributed by atoms with Crippen molar-refractivity contribution >= 4 is 22.8 Å². The predicted octanol–water partition coefficient (Wildman–Crippen LogP) is 1.51. The molecule has 1 N–H and O–H groups in total. The van der Waals surface area contributed by atoms with Crippen LogP contribution in [0, 0.1) is 0 Å². The Morgan fingerprint density at radius 1 is 1.35 bits per heavy atom. The SMILES string of the molecule is COC(=O)Cn1ccc2cc(C(=O)O)ccc21. The molecular formula is C12H11NO4. The third-order valence-corrected chi connectivity index (χ3v) is 2.55. The first-order valence-electron chi connectivity index (χ1n) is 5.01. The number of carboxylic acids is 1. The van der Waals surface area contributed by atoms with E-state index in [1.807, 2.05) is 0 Å². The number of aromatic carboxylic acids is 1. The molecule has 0 amide bonds. The monoisotopic (exact) mass is 233 g/mol. The van der Waals surface area contributed by atoms with Crippen LogP contribution in [0.3, 0.4) is 0 Å². The van der Waals surface area contributed by atoms with Crippen LogP contribution in [-0.2, 0) is 16.1 Å². The molecule has 0 aliphatic carbocycles. The van der Waals surface area contributed by atoms with Crippen molar-refractivity contribution < 1.29 is 19.4 Å². The molecular weight excluding hydrogens is 222 g/mol. The summed E-state index contributed by atoms with van der Waals surface area (Å²) in [6.07, 6.45) is 1.73. The molecule has 0 radical (unpaired) electrons. The summed E-state index contributed by atoms with van der Waals surface area (Å²) in [5.41, 5.74) is 1.04. The maximum absolute atomic E-state index is 11.2. The highest BCUT2D eigenvalue weighted by molar-refractivity contribution is 5.93. The predicted molar refractivity (Wildman–Crippen MR) is 60.9 cm³/mol. The first kappa shape index (κ1) is 11.2. The van der Waals surface area contributed by atoms with Crippen molar-refractivity contribution in [2.24, 2.45) is 0 Å². The first-order valence-corrected chi connectivity index (χ1v) is 5.01. The van der Waals surface area contributed by atoms with Gasteiger partial charge in [-0.1, -0.05) is 0 Å². The van der Waals surface area contributed by atoms with Crippen molar-refractivity contribution in [3.8, 4) is 0 Å². The lowest BCUT2D eigenvalue weighted by molar-refractivity contribution is -0.141. The molecule has 1 heterocycles. The fourth-order valence-corrected chi connectivity index (χ4v) is 1.67. The fraction of sp³-hybridized carbons (Fsp3) is 0.167. The highest BCUT2D eigenvalue weighted by atomic mass is 16.5. The van der Waals surface area contributed by atoms with E-state index in [0.717, 1.165) is 10.9 Å². The molecule has 0 unspecified atom stereocenters. The number of esters is 1. The molecule has 0 saturated heterocycles. The van der Waals surface area contributed by atoms with Crippen LogP contribution in [0.5, 0.6) is 0 Å². The second kappa shape index (κ2) is 4.29. The van der Waals surface area contributed by atoms with Crippen molar-refractivity contribution in [1.29, 1.82) is 0 Å².